The SMILES string of the molecule is CC[C@H](C)C(=O)N1CCC[C@H](C(=O)N2CCC(CC(=O)O)CC2)C1. The predicted molar refractivity (Wildman–Crippen MR) is 90.3 cm³/mol. The first-order chi connectivity index (χ1) is 11.4. The molecule has 2 aliphatic rings. The monoisotopic (exact) mass is 338 g/mol. The number of likely N-dealkylation sites (tertiary alicyclic amines) is 2. The topological polar surface area (TPSA) is 77.9 Å². The molecule has 24 heavy (non-hydrogen) atoms. The molecule has 136 valence electrons. The standard InChI is InChI=1S/C18H30N2O4/c1-3-13(2)17(23)20-8-4-5-15(12-20)18(24)19-9-6-14(7-10-19)11-16(21)22/h13-15H,3-12H2,1-2H3,(H,21,22)/t13-,15-/m0/s1. The van der Waals surface area contributed by atoms with Gasteiger partial charge < -0.3 is 14.9 Å². The Balaban J connectivity index is 1.86. The van der Waals surface area contributed by atoms with Crippen LogP contribution in [-0.2, 0) is 14.4 Å². The fourth-order valence-corrected chi connectivity index (χ4v) is 3.73. The second-order valence-corrected chi connectivity index (χ2v) is 7.30. The van der Waals surface area contributed by atoms with E-state index in [1.807, 2.05) is 23.6 Å². The van der Waals surface area contributed by atoms with Gasteiger partial charge in [0, 0.05) is 38.5 Å². The smallest absolute Gasteiger partial charge is 0.303 e. The molecule has 0 aliphatic carbocycles. The van der Waals surface area contributed by atoms with Crippen LogP contribution in [0.1, 0.15) is 52.4 Å². The van der Waals surface area contributed by atoms with Crippen LogP contribution in [0.15, 0.2) is 0 Å². The molecule has 6 nitrogen and oxygen atoms in total. The zero-order valence-corrected chi connectivity index (χ0v) is 14.9. The van der Waals surface area contributed by atoms with E-state index in [4.69, 9.17) is 5.11 Å². The first kappa shape index (κ1) is 18.7. The molecule has 0 aromatic carbocycles. The number of carbonyl (C=O) groups is 3. The number of amides is 2. The van der Waals surface area contributed by atoms with Crippen LogP contribution in [-0.4, -0.2) is 58.9 Å². The molecule has 0 aromatic rings. The second kappa shape index (κ2) is 8.49. The summed E-state index contributed by atoms with van der Waals surface area (Å²) in [5.74, 6) is -0.346. The Labute approximate surface area is 144 Å². The molecule has 0 radical (unpaired) electrons. The molecule has 0 saturated carbocycles. The van der Waals surface area contributed by atoms with Crippen molar-refractivity contribution in [2.24, 2.45) is 17.8 Å². The van der Waals surface area contributed by atoms with E-state index in [2.05, 4.69) is 0 Å². The Morgan fingerprint density at radius 2 is 1.75 bits per heavy atom. The van der Waals surface area contributed by atoms with Crippen molar-refractivity contribution < 1.29 is 19.5 Å². The van der Waals surface area contributed by atoms with Gasteiger partial charge in [-0.1, -0.05) is 13.8 Å². The largest absolute Gasteiger partial charge is 0.481 e. The molecule has 0 unspecified atom stereocenters. The zero-order chi connectivity index (χ0) is 17.7. The van der Waals surface area contributed by atoms with Gasteiger partial charge in [-0.3, -0.25) is 14.4 Å². The number of rotatable bonds is 5. The Morgan fingerprint density at radius 3 is 2.33 bits per heavy atom. The molecule has 0 bridgehead atoms. The molecule has 0 spiro atoms. The van der Waals surface area contributed by atoms with Gasteiger partial charge in [0.25, 0.3) is 0 Å². The van der Waals surface area contributed by atoms with Gasteiger partial charge in [0.05, 0.1) is 5.92 Å². The summed E-state index contributed by atoms with van der Waals surface area (Å²) in [6, 6.07) is 0. The highest BCUT2D eigenvalue weighted by molar-refractivity contribution is 5.82. The molecule has 2 amide bonds. The Morgan fingerprint density at radius 1 is 1.08 bits per heavy atom. The van der Waals surface area contributed by atoms with Crippen molar-refractivity contribution >= 4 is 17.8 Å². The van der Waals surface area contributed by atoms with Crippen LogP contribution < -0.4 is 0 Å². The summed E-state index contributed by atoms with van der Waals surface area (Å²) in [6.07, 6.45) is 4.28. The Kier molecular flexibility index (Phi) is 6.63. The molecule has 6 heteroatoms. The number of nitrogens with zero attached hydrogens (tertiary/aromatic N) is 2. The summed E-state index contributed by atoms with van der Waals surface area (Å²) in [6.45, 7) is 6.54. The molecule has 2 saturated heterocycles. The van der Waals surface area contributed by atoms with E-state index in [1.54, 1.807) is 0 Å². The lowest BCUT2D eigenvalue weighted by molar-refractivity contribution is -0.143. The van der Waals surface area contributed by atoms with Crippen molar-refractivity contribution in [3.63, 3.8) is 0 Å². The number of hydrogen-bond donors (Lipinski definition) is 1. The van der Waals surface area contributed by atoms with Crippen molar-refractivity contribution in [1.29, 1.82) is 0 Å². The summed E-state index contributed by atoms with van der Waals surface area (Å²) in [7, 11) is 0. The maximum Gasteiger partial charge on any atom is 0.303 e. The third-order valence-corrected chi connectivity index (χ3v) is 5.51. The summed E-state index contributed by atoms with van der Waals surface area (Å²) in [5.41, 5.74) is 0. The molecule has 1 N–H and O–H groups in total. The van der Waals surface area contributed by atoms with Gasteiger partial charge in [0.15, 0.2) is 0 Å². The van der Waals surface area contributed by atoms with Gasteiger partial charge in [-0.05, 0) is 38.0 Å². The van der Waals surface area contributed by atoms with E-state index in [0.29, 0.717) is 19.6 Å². The van der Waals surface area contributed by atoms with Crippen molar-refractivity contribution in [1.82, 2.24) is 9.80 Å². The molecule has 0 aromatic heterocycles. The first-order valence-corrected chi connectivity index (χ1v) is 9.21. The highest BCUT2D eigenvalue weighted by Gasteiger charge is 2.33. The van der Waals surface area contributed by atoms with Gasteiger partial charge in [-0.25, -0.2) is 0 Å². The van der Waals surface area contributed by atoms with Crippen LogP contribution in [0.5, 0.6) is 0 Å². The number of carboxylic acid groups (broad SMARTS) is 1. The van der Waals surface area contributed by atoms with Crippen molar-refractivity contribution in [3.8, 4) is 0 Å². The molecule has 2 rings (SSSR count). The number of hydrogen-bond acceptors (Lipinski definition) is 3. The van der Waals surface area contributed by atoms with Crippen LogP contribution >= 0.6 is 0 Å². The molecular formula is C18H30N2O4. The van der Waals surface area contributed by atoms with Gasteiger partial charge in [0.2, 0.25) is 11.8 Å². The summed E-state index contributed by atoms with van der Waals surface area (Å²) in [5, 5.41) is 8.87. The first-order valence-electron chi connectivity index (χ1n) is 9.21. The number of carboxylic acids is 1. The maximum atomic E-state index is 12.8. The lowest BCUT2D eigenvalue weighted by Crippen LogP contribution is -2.49. The Bertz CT molecular complexity index is 472. The number of aliphatic carboxylic acids is 1. The van der Waals surface area contributed by atoms with E-state index in [-0.39, 0.29) is 36.0 Å². The van der Waals surface area contributed by atoms with Gasteiger partial charge >= 0.3 is 5.97 Å². The predicted octanol–water partition coefficient (Wildman–Crippen LogP) is 1.98. The van der Waals surface area contributed by atoms with Crippen LogP contribution in [0.4, 0.5) is 0 Å². The van der Waals surface area contributed by atoms with Crippen molar-refractivity contribution in [3.05, 3.63) is 0 Å². The maximum absolute atomic E-state index is 12.8. The fraction of sp³-hybridized carbons (Fsp3) is 0.833. The Hall–Kier alpha value is -1.59. The molecular weight excluding hydrogens is 308 g/mol. The number of carbonyl (C=O) groups excluding carboxylic acids is 2. The lowest BCUT2D eigenvalue weighted by Gasteiger charge is -2.38. The zero-order valence-electron chi connectivity index (χ0n) is 14.9. The summed E-state index contributed by atoms with van der Waals surface area (Å²) in [4.78, 5) is 39.7. The van der Waals surface area contributed by atoms with Crippen LogP contribution in [0.25, 0.3) is 0 Å². The van der Waals surface area contributed by atoms with E-state index in [9.17, 15) is 14.4 Å². The third kappa shape index (κ3) is 4.71. The third-order valence-electron chi connectivity index (χ3n) is 5.51. The molecule has 2 atom stereocenters. The van der Waals surface area contributed by atoms with E-state index in [0.717, 1.165) is 38.6 Å². The average Bonchev–Trinajstić information content (AvgIpc) is 2.60. The van der Waals surface area contributed by atoms with Gasteiger partial charge in [-0.15, -0.1) is 0 Å². The quantitative estimate of drug-likeness (QED) is 0.831. The minimum Gasteiger partial charge on any atom is -0.481 e. The van der Waals surface area contributed by atoms with E-state index >= 15 is 0 Å². The van der Waals surface area contributed by atoms with Gasteiger partial charge in [0.1, 0.15) is 0 Å². The van der Waals surface area contributed by atoms with Crippen LogP contribution in [0.3, 0.4) is 0 Å². The van der Waals surface area contributed by atoms with Crippen molar-refractivity contribution in [2.45, 2.75) is 52.4 Å². The van der Waals surface area contributed by atoms with Crippen LogP contribution in [0, 0.1) is 17.8 Å². The normalized spacial score (nSPS) is 23.8. The summed E-state index contributed by atoms with van der Waals surface area (Å²) >= 11 is 0. The van der Waals surface area contributed by atoms with E-state index in [1.165, 1.54) is 0 Å². The molecule has 2 heterocycles. The lowest BCUT2D eigenvalue weighted by atomic mass is 9.91. The van der Waals surface area contributed by atoms with E-state index < -0.39 is 5.97 Å². The highest BCUT2D eigenvalue weighted by atomic mass is 16.4. The van der Waals surface area contributed by atoms with Crippen molar-refractivity contribution in [2.75, 3.05) is 26.2 Å². The summed E-state index contributed by atoms with van der Waals surface area (Å²) < 4.78 is 0. The van der Waals surface area contributed by atoms with Crippen LogP contribution in [0.2, 0.25) is 0 Å². The minimum atomic E-state index is -0.758. The highest BCUT2D eigenvalue weighted by Crippen LogP contribution is 2.25. The molecule has 2 aliphatic heterocycles. The molecule has 2 fully saturated rings. The second-order valence-electron chi connectivity index (χ2n) is 7.30. The average molecular weight is 338 g/mol. The minimum absolute atomic E-state index is 0.0191. The van der Waals surface area contributed by atoms with Gasteiger partial charge in [-0.2, -0.15) is 0 Å². The number of piperidine rings is 2. The fourth-order valence-electron chi connectivity index (χ4n) is 3.73.